The van der Waals surface area contributed by atoms with E-state index in [-0.39, 0.29) is 0 Å². The van der Waals surface area contributed by atoms with E-state index in [0.29, 0.717) is 6.54 Å². The zero-order chi connectivity index (χ0) is 9.78. The highest BCUT2D eigenvalue weighted by molar-refractivity contribution is 4.48. The maximum Gasteiger partial charge on any atom is 0.0259 e. The van der Waals surface area contributed by atoms with Gasteiger partial charge in [0.1, 0.15) is 0 Å². The topological polar surface area (TPSA) is 24.1 Å². The summed E-state index contributed by atoms with van der Waals surface area (Å²) in [5.41, 5.74) is 1.68. The molecule has 0 saturated heterocycles. The van der Waals surface area contributed by atoms with Crippen LogP contribution in [0.1, 0.15) is 45.4 Å². The Balaban J connectivity index is 2.76. The monoisotopic (exact) mass is 190 g/mol. The normalized spacial score (nSPS) is 10.6. The summed E-state index contributed by atoms with van der Waals surface area (Å²) in [7, 11) is 0. The van der Waals surface area contributed by atoms with Gasteiger partial charge < -0.3 is 5.32 Å². The summed E-state index contributed by atoms with van der Waals surface area (Å²) in [5.74, 6) is 0. The minimum absolute atomic E-state index is 0.511. The van der Waals surface area contributed by atoms with Crippen LogP contribution in [0.4, 0.5) is 4.48 Å². The molecule has 2 nitrogen and oxygen atoms in total. The molecule has 3 heteroatoms. The minimum atomic E-state index is 0.511. The summed E-state index contributed by atoms with van der Waals surface area (Å²) in [4.78, 5) is 0. The first-order valence-electron chi connectivity index (χ1n) is 5.46. The Hall–Kier alpha value is -0.150. The van der Waals surface area contributed by atoms with Gasteiger partial charge in [-0.1, -0.05) is 32.6 Å². The number of hydrogen-bond donors (Lipinski definition) is 2. The lowest BCUT2D eigenvalue weighted by molar-refractivity contribution is 0.327. The summed E-state index contributed by atoms with van der Waals surface area (Å²) in [5, 5.41) is 3.30. The van der Waals surface area contributed by atoms with Crippen molar-refractivity contribution in [1.82, 2.24) is 10.9 Å². The van der Waals surface area contributed by atoms with Crippen molar-refractivity contribution in [3.8, 4) is 0 Å². The van der Waals surface area contributed by atoms with Crippen LogP contribution in [0.15, 0.2) is 0 Å². The van der Waals surface area contributed by atoms with Crippen LogP contribution in [0, 0.1) is 0 Å². The first-order valence-corrected chi connectivity index (χ1v) is 5.46. The molecule has 0 aliphatic carbocycles. The third-order valence-corrected chi connectivity index (χ3v) is 2.12. The molecule has 0 fully saturated rings. The summed E-state index contributed by atoms with van der Waals surface area (Å²) < 4.78 is 11.4. The van der Waals surface area contributed by atoms with E-state index in [2.05, 4.69) is 12.2 Å². The van der Waals surface area contributed by atoms with Gasteiger partial charge in [0, 0.05) is 6.54 Å². The number of unbranched alkanes of at least 4 members (excludes halogenated alkanes) is 5. The van der Waals surface area contributed by atoms with Gasteiger partial charge in [-0.15, -0.1) is 4.48 Å². The highest BCUT2D eigenvalue weighted by Crippen LogP contribution is 2.04. The Bertz CT molecular complexity index is 79.0. The molecule has 0 spiro atoms. The lowest BCUT2D eigenvalue weighted by Gasteiger charge is -2.01. The van der Waals surface area contributed by atoms with E-state index in [1.807, 2.05) is 0 Å². The van der Waals surface area contributed by atoms with Gasteiger partial charge >= 0.3 is 0 Å². The van der Waals surface area contributed by atoms with Crippen LogP contribution in [0.2, 0.25) is 0 Å². The fourth-order valence-corrected chi connectivity index (χ4v) is 1.33. The van der Waals surface area contributed by atoms with Gasteiger partial charge in [-0.2, -0.15) is 5.54 Å². The van der Waals surface area contributed by atoms with E-state index in [9.17, 15) is 4.48 Å². The predicted octanol–water partition coefficient (Wildman–Crippen LogP) is 2.41. The molecule has 0 heterocycles. The lowest BCUT2D eigenvalue weighted by Crippen LogP contribution is -2.13. The number of nitrogens with one attached hydrogen (secondary N) is 2. The third kappa shape index (κ3) is 11.9. The highest BCUT2D eigenvalue weighted by atomic mass is 19.2. The van der Waals surface area contributed by atoms with Crippen molar-refractivity contribution in [3.05, 3.63) is 0 Å². The quantitative estimate of drug-likeness (QED) is 0.408. The molecule has 0 aromatic carbocycles. The Morgan fingerprint density at radius 2 is 1.38 bits per heavy atom. The second kappa shape index (κ2) is 11.8. The fraction of sp³-hybridized carbons (Fsp3) is 1.00. The van der Waals surface area contributed by atoms with Crippen molar-refractivity contribution in [3.63, 3.8) is 0 Å². The van der Waals surface area contributed by atoms with E-state index < -0.39 is 0 Å². The molecule has 13 heavy (non-hydrogen) atoms. The average molecular weight is 190 g/mol. The molecule has 2 N–H and O–H groups in total. The van der Waals surface area contributed by atoms with Crippen LogP contribution < -0.4 is 10.9 Å². The van der Waals surface area contributed by atoms with Gasteiger partial charge in [0.2, 0.25) is 0 Å². The van der Waals surface area contributed by atoms with E-state index in [4.69, 9.17) is 0 Å². The van der Waals surface area contributed by atoms with Crippen molar-refractivity contribution in [2.24, 2.45) is 0 Å². The molecule has 0 amide bonds. The predicted molar refractivity (Wildman–Crippen MR) is 55.4 cm³/mol. The molecular weight excluding hydrogens is 167 g/mol. The van der Waals surface area contributed by atoms with Crippen molar-refractivity contribution < 1.29 is 4.48 Å². The molecule has 0 bridgehead atoms. The Labute approximate surface area is 81.2 Å². The molecule has 80 valence electrons. The van der Waals surface area contributed by atoms with Gasteiger partial charge in [0.15, 0.2) is 0 Å². The van der Waals surface area contributed by atoms with Gasteiger partial charge in [-0.25, -0.2) is 0 Å². The largest absolute Gasteiger partial charge is 0.317 e. The zero-order valence-electron chi connectivity index (χ0n) is 8.74. The lowest BCUT2D eigenvalue weighted by atomic mass is 10.1. The van der Waals surface area contributed by atoms with Crippen LogP contribution in [0.3, 0.4) is 0 Å². The van der Waals surface area contributed by atoms with E-state index in [0.717, 1.165) is 25.9 Å². The Morgan fingerprint density at radius 1 is 0.846 bits per heavy atom. The van der Waals surface area contributed by atoms with Crippen molar-refractivity contribution >= 4 is 0 Å². The summed E-state index contributed by atoms with van der Waals surface area (Å²) in [6, 6.07) is 0. The van der Waals surface area contributed by atoms with Crippen LogP contribution in [-0.2, 0) is 0 Å². The maximum absolute atomic E-state index is 11.4. The van der Waals surface area contributed by atoms with Gasteiger partial charge in [0.05, 0.1) is 0 Å². The van der Waals surface area contributed by atoms with Crippen molar-refractivity contribution in [2.75, 3.05) is 19.6 Å². The highest BCUT2D eigenvalue weighted by Gasteiger charge is 1.90. The molecular formula is C10H23FN2. The Kier molecular flexibility index (Phi) is 11.7. The first kappa shape index (κ1) is 12.8. The van der Waals surface area contributed by atoms with Crippen LogP contribution >= 0.6 is 0 Å². The van der Waals surface area contributed by atoms with E-state index in [1.54, 1.807) is 5.54 Å². The summed E-state index contributed by atoms with van der Waals surface area (Å²) >= 11 is 0. The summed E-state index contributed by atoms with van der Waals surface area (Å²) in [6.45, 7) is 4.85. The fourth-order valence-electron chi connectivity index (χ4n) is 1.33. The third-order valence-electron chi connectivity index (χ3n) is 2.12. The van der Waals surface area contributed by atoms with Gasteiger partial charge in [-0.05, 0) is 25.9 Å². The van der Waals surface area contributed by atoms with Crippen LogP contribution in [0.25, 0.3) is 0 Å². The first-order chi connectivity index (χ1) is 6.41. The Morgan fingerprint density at radius 3 is 1.92 bits per heavy atom. The molecule has 0 atom stereocenters. The molecule has 0 unspecified atom stereocenters. The maximum atomic E-state index is 11.4. The molecule has 0 saturated carbocycles. The summed E-state index contributed by atoms with van der Waals surface area (Å²) in [6.07, 6.45) is 7.22. The smallest absolute Gasteiger partial charge is 0.0259 e. The van der Waals surface area contributed by atoms with Crippen molar-refractivity contribution in [2.45, 2.75) is 45.4 Å². The average Bonchev–Trinajstić information content (AvgIpc) is 2.16. The number of rotatable bonds is 10. The second-order valence-electron chi connectivity index (χ2n) is 3.36. The number of hydrogen-bond acceptors (Lipinski definition) is 2. The second-order valence-corrected chi connectivity index (χ2v) is 3.36. The van der Waals surface area contributed by atoms with Gasteiger partial charge in [0.25, 0.3) is 0 Å². The van der Waals surface area contributed by atoms with Crippen molar-refractivity contribution in [1.29, 1.82) is 0 Å². The SMILES string of the molecule is CCNCCCCCCCCNF. The molecule has 0 aromatic heterocycles. The molecule has 0 aliphatic heterocycles. The molecule has 0 aromatic rings. The number of halogens is 1. The van der Waals surface area contributed by atoms with Crippen LogP contribution in [-0.4, -0.2) is 19.6 Å². The molecule has 0 rings (SSSR count). The molecule has 0 aliphatic rings. The zero-order valence-corrected chi connectivity index (χ0v) is 8.74. The van der Waals surface area contributed by atoms with Gasteiger partial charge in [-0.3, -0.25) is 0 Å². The van der Waals surface area contributed by atoms with Crippen LogP contribution in [0.5, 0.6) is 0 Å². The molecule has 0 radical (unpaired) electrons. The van der Waals surface area contributed by atoms with E-state index in [1.165, 1.54) is 25.7 Å². The van der Waals surface area contributed by atoms with E-state index >= 15 is 0 Å². The minimum Gasteiger partial charge on any atom is -0.317 e. The standard InChI is InChI=1S/C10H23FN2/c1-2-12-9-7-5-3-4-6-8-10-13-11/h12-13H,2-10H2,1H3.